The summed E-state index contributed by atoms with van der Waals surface area (Å²) in [6.45, 7) is 3.45. The first-order valence-corrected chi connectivity index (χ1v) is 10.6. The molecule has 2 saturated heterocycles. The van der Waals surface area contributed by atoms with Gasteiger partial charge in [-0.3, -0.25) is 14.5 Å². The number of carbonyl (C=O) groups is 2. The van der Waals surface area contributed by atoms with Crippen LogP contribution in [0.2, 0.25) is 0 Å². The van der Waals surface area contributed by atoms with Crippen molar-refractivity contribution < 1.29 is 9.59 Å². The second kappa shape index (κ2) is 7.94. The van der Waals surface area contributed by atoms with E-state index >= 15 is 0 Å². The highest BCUT2D eigenvalue weighted by atomic mass is 32.1. The fraction of sp³-hybridized carbons (Fsp3) is 0.550. The summed E-state index contributed by atoms with van der Waals surface area (Å²) in [7, 11) is 0. The fourth-order valence-corrected chi connectivity index (χ4v) is 5.30. The summed E-state index contributed by atoms with van der Waals surface area (Å²) in [5, 5.41) is 1.20. The van der Waals surface area contributed by atoms with Crippen molar-refractivity contribution in [2.75, 3.05) is 32.7 Å². The maximum Gasteiger partial charge on any atom is 0.236 e. The van der Waals surface area contributed by atoms with Gasteiger partial charge in [-0.15, -0.1) is 11.3 Å². The Morgan fingerprint density at radius 1 is 1.15 bits per heavy atom. The van der Waals surface area contributed by atoms with Crippen LogP contribution in [0.3, 0.4) is 0 Å². The molecule has 0 unspecified atom stereocenters. The molecular weight excluding hydrogens is 360 g/mol. The highest BCUT2D eigenvalue weighted by molar-refractivity contribution is 7.18. The van der Waals surface area contributed by atoms with E-state index in [0.717, 1.165) is 50.8 Å². The number of benzene rings is 1. The Morgan fingerprint density at radius 2 is 1.93 bits per heavy atom. The normalized spacial score (nSPS) is 22.2. The number of piperidine rings is 2. The Balaban J connectivity index is 1.30. The molecule has 0 saturated carbocycles. The number of rotatable bonds is 4. The second-order valence-electron chi connectivity index (χ2n) is 7.65. The molecular formula is C20H26N4O2S. The van der Waals surface area contributed by atoms with E-state index in [4.69, 9.17) is 10.7 Å². The Morgan fingerprint density at radius 3 is 2.67 bits per heavy atom. The summed E-state index contributed by atoms with van der Waals surface area (Å²) in [6.07, 6.45) is 3.71. The summed E-state index contributed by atoms with van der Waals surface area (Å²) in [4.78, 5) is 32.9. The maximum atomic E-state index is 12.7. The summed E-state index contributed by atoms with van der Waals surface area (Å²) in [5.41, 5.74) is 6.51. The van der Waals surface area contributed by atoms with Crippen molar-refractivity contribution in [2.45, 2.75) is 31.6 Å². The lowest BCUT2D eigenvalue weighted by Crippen LogP contribution is -2.48. The average Bonchev–Trinajstić information content (AvgIpc) is 3.12. The zero-order valence-electron chi connectivity index (χ0n) is 15.5. The number of nitrogens with zero attached hydrogens (tertiary/aromatic N) is 3. The number of thiazole rings is 1. The molecule has 2 fully saturated rings. The standard InChI is InChI=1S/C20H26N4O2S/c21-19(26)15-4-3-9-23(12-15)13-18(25)24-10-7-14(8-11-24)20-22-16-5-1-2-6-17(16)27-20/h1-2,5-6,14-15H,3-4,7-13H2,(H2,21,26)/t15-/m1/s1. The lowest BCUT2D eigenvalue weighted by molar-refractivity contribution is -0.135. The molecule has 3 heterocycles. The molecule has 1 aromatic heterocycles. The van der Waals surface area contributed by atoms with Gasteiger partial charge in [0, 0.05) is 25.6 Å². The number of hydrogen-bond donors (Lipinski definition) is 1. The van der Waals surface area contributed by atoms with Crippen LogP contribution in [-0.4, -0.2) is 59.3 Å². The molecule has 0 spiro atoms. The molecule has 0 bridgehead atoms. The third kappa shape index (κ3) is 4.14. The quantitative estimate of drug-likeness (QED) is 0.874. The van der Waals surface area contributed by atoms with Crippen molar-refractivity contribution in [3.05, 3.63) is 29.3 Å². The fourth-order valence-electron chi connectivity index (χ4n) is 4.16. The number of fused-ring (bicyclic) bond motifs is 1. The van der Waals surface area contributed by atoms with Crippen LogP contribution in [0.15, 0.2) is 24.3 Å². The lowest BCUT2D eigenvalue weighted by atomic mass is 9.96. The molecule has 2 aliphatic heterocycles. The predicted octanol–water partition coefficient (Wildman–Crippen LogP) is 2.20. The van der Waals surface area contributed by atoms with E-state index in [-0.39, 0.29) is 17.7 Å². The van der Waals surface area contributed by atoms with E-state index in [9.17, 15) is 9.59 Å². The Bertz CT molecular complexity index is 795. The van der Waals surface area contributed by atoms with Gasteiger partial charge in [0.1, 0.15) is 0 Å². The van der Waals surface area contributed by atoms with Crippen molar-refractivity contribution >= 4 is 33.4 Å². The number of carbonyl (C=O) groups excluding carboxylic acids is 2. The molecule has 7 heteroatoms. The van der Waals surface area contributed by atoms with Gasteiger partial charge in [0.2, 0.25) is 11.8 Å². The number of primary amides is 1. The Hall–Kier alpha value is -1.99. The minimum atomic E-state index is -0.246. The van der Waals surface area contributed by atoms with Gasteiger partial charge in [-0.25, -0.2) is 4.98 Å². The van der Waals surface area contributed by atoms with Crippen LogP contribution in [0.25, 0.3) is 10.2 Å². The number of amides is 2. The summed E-state index contributed by atoms with van der Waals surface area (Å²) in [6, 6.07) is 8.25. The average molecular weight is 387 g/mol. The third-order valence-electron chi connectivity index (χ3n) is 5.77. The minimum Gasteiger partial charge on any atom is -0.369 e. The van der Waals surface area contributed by atoms with Crippen LogP contribution >= 0.6 is 11.3 Å². The molecule has 27 heavy (non-hydrogen) atoms. The molecule has 1 aromatic carbocycles. The number of para-hydroxylation sites is 1. The van der Waals surface area contributed by atoms with E-state index in [1.54, 1.807) is 11.3 Å². The summed E-state index contributed by atoms with van der Waals surface area (Å²) >= 11 is 1.78. The first-order valence-electron chi connectivity index (χ1n) is 9.75. The first-order chi connectivity index (χ1) is 13.1. The molecule has 2 aromatic rings. The Kier molecular flexibility index (Phi) is 5.41. The van der Waals surface area contributed by atoms with Gasteiger partial charge in [-0.2, -0.15) is 0 Å². The molecule has 0 aliphatic carbocycles. The van der Waals surface area contributed by atoms with Gasteiger partial charge in [0.15, 0.2) is 0 Å². The zero-order chi connectivity index (χ0) is 18.8. The number of likely N-dealkylation sites (tertiary alicyclic amines) is 2. The molecule has 2 amide bonds. The van der Waals surface area contributed by atoms with Crippen LogP contribution in [-0.2, 0) is 9.59 Å². The van der Waals surface area contributed by atoms with Crippen molar-refractivity contribution in [3.8, 4) is 0 Å². The highest BCUT2D eigenvalue weighted by Gasteiger charge is 2.29. The van der Waals surface area contributed by atoms with Gasteiger partial charge in [0.05, 0.1) is 27.7 Å². The number of nitrogens with two attached hydrogens (primary N) is 1. The van der Waals surface area contributed by atoms with E-state index < -0.39 is 0 Å². The van der Waals surface area contributed by atoms with Crippen molar-refractivity contribution in [3.63, 3.8) is 0 Å². The zero-order valence-corrected chi connectivity index (χ0v) is 16.3. The molecule has 0 radical (unpaired) electrons. The van der Waals surface area contributed by atoms with Crippen LogP contribution in [0, 0.1) is 5.92 Å². The highest BCUT2D eigenvalue weighted by Crippen LogP contribution is 2.33. The van der Waals surface area contributed by atoms with E-state index in [1.807, 2.05) is 11.0 Å². The Labute approximate surface area is 163 Å². The molecule has 4 rings (SSSR count). The van der Waals surface area contributed by atoms with Gasteiger partial charge in [-0.1, -0.05) is 12.1 Å². The van der Waals surface area contributed by atoms with Gasteiger partial charge in [-0.05, 0) is 44.4 Å². The van der Waals surface area contributed by atoms with E-state index in [1.165, 1.54) is 9.71 Å². The molecule has 2 N–H and O–H groups in total. The van der Waals surface area contributed by atoms with Crippen molar-refractivity contribution in [2.24, 2.45) is 11.7 Å². The van der Waals surface area contributed by atoms with Crippen molar-refractivity contribution in [1.82, 2.24) is 14.8 Å². The van der Waals surface area contributed by atoms with Crippen LogP contribution < -0.4 is 5.73 Å². The van der Waals surface area contributed by atoms with Gasteiger partial charge in [0.25, 0.3) is 0 Å². The second-order valence-corrected chi connectivity index (χ2v) is 8.71. The van der Waals surface area contributed by atoms with Crippen LogP contribution in [0.1, 0.15) is 36.6 Å². The van der Waals surface area contributed by atoms with E-state index in [2.05, 4.69) is 23.1 Å². The molecule has 6 nitrogen and oxygen atoms in total. The first kappa shape index (κ1) is 18.4. The third-order valence-corrected chi connectivity index (χ3v) is 6.97. The summed E-state index contributed by atoms with van der Waals surface area (Å²) in [5.74, 6) is 0.253. The molecule has 144 valence electrons. The lowest BCUT2D eigenvalue weighted by Gasteiger charge is -2.35. The SMILES string of the molecule is NC(=O)[C@@H]1CCCN(CC(=O)N2CCC(c3nc4ccccc4s3)CC2)C1. The molecule has 2 aliphatic rings. The van der Waals surface area contributed by atoms with Crippen LogP contribution in [0.5, 0.6) is 0 Å². The largest absolute Gasteiger partial charge is 0.369 e. The smallest absolute Gasteiger partial charge is 0.236 e. The number of hydrogen-bond acceptors (Lipinski definition) is 5. The number of aromatic nitrogens is 1. The molecule has 1 atom stereocenters. The minimum absolute atomic E-state index is 0.115. The monoisotopic (exact) mass is 386 g/mol. The predicted molar refractivity (Wildman–Crippen MR) is 107 cm³/mol. The van der Waals surface area contributed by atoms with Crippen molar-refractivity contribution in [1.29, 1.82) is 0 Å². The maximum absolute atomic E-state index is 12.7. The van der Waals surface area contributed by atoms with Gasteiger partial charge < -0.3 is 10.6 Å². The van der Waals surface area contributed by atoms with Gasteiger partial charge >= 0.3 is 0 Å². The topological polar surface area (TPSA) is 79.5 Å². The summed E-state index contributed by atoms with van der Waals surface area (Å²) < 4.78 is 1.24. The van der Waals surface area contributed by atoms with E-state index in [0.29, 0.717) is 19.0 Å². The van der Waals surface area contributed by atoms with Crippen LogP contribution in [0.4, 0.5) is 0 Å².